The van der Waals surface area contributed by atoms with Crippen molar-refractivity contribution in [3.05, 3.63) is 23.4 Å². The third kappa shape index (κ3) is 3.84. The highest BCUT2D eigenvalue weighted by atomic mass is 32.1. The first kappa shape index (κ1) is 17.1. The molecule has 0 aromatic carbocycles. The summed E-state index contributed by atoms with van der Waals surface area (Å²) in [5.74, 6) is 1.62. The van der Waals surface area contributed by atoms with Gasteiger partial charge in [-0.1, -0.05) is 11.2 Å². The van der Waals surface area contributed by atoms with E-state index in [1.54, 1.807) is 11.3 Å². The van der Waals surface area contributed by atoms with Gasteiger partial charge in [0.2, 0.25) is 17.6 Å². The summed E-state index contributed by atoms with van der Waals surface area (Å²) in [7, 11) is 0. The van der Waals surface area contributed by atoms with Crippen LogP contribution in [0.3, 0.4) is 0 Å². The normalized spacial score (nSPS) is 18.7. The minimum Gasteiger partial charge on any atom is -0.343 e. The molecule has 0 radical (unpaired) electrons. The van der Waals surface area contributed by atoms with E-state index in [4.69, 9.17) is 4.52 Å². The van der Waals surface area contributed by atoms with Crippen molar-refractivity contribution in [3.63, 3.8) is 0 Å². The Morgan fingerprint density at radius 3 is 3.00 bits per heavy atom. The van der Waals surface area contributed by atoms with Crippen LogP contribution < -0.4 is 0 Å². The van der Waals surface area contributed by atoms with Crippen LogP contribution >= 0.6 is 11.3 Å². The van der Waals surface area contributed by atoms with Crippen molar-refractivity contribution >= 4 is 17.2 Å². The topological polar surface area (TPSA) is 62.5 Å². The van der Waals surface area contributed by atoms with Gasteiger partial charge >= 0.3 is 0 Å². The molecule has 3 rings (SSSR count). The van der Waals surface area contributed by atoms with E-state index in [1.165, 1.54) is 0 Å². The zero-order chi connectivity index (χ0) is 16.9. The maximum Gasteiger partial charge on any atom is 0.241 e. The van der Waals surface area contributed by atoms with Gasteiger partial charge < -0.3 is 9.42 Å². The average Bonchev–Trinajstić information content (AvgIpc) is 3.27. The van der Waals surface area contributed by atoms with Crippen LogP contribution in [-0.4, -0.2) is 52.0 Å². The van der Waals surface area contributed by atoms with Gasteiger partial charge in [-0.3, -0.25) is 9.69 Å². The van der Waals surface area contributed by atoms with Crippen LogP contribution in [0.2, 0.25) is 0 Å². The molecule has 7 heteroatoms. The molecule has 0 unspecified atom stereocenters. The molecule has 0 bridgehead atoms. The number of hydrogen-bond donors (Lipinski definition) is 0. The molecular weight excluding hydrogens is 324 g/mol. The molecule has 1 amide bonds. The van der Waals surface area contributed by atoms with E-state index in [1.807, 2.05) is 36.3 Å². The first-order valence-corrected chi connectivity index (χ1v) is 9.46. The number of piperidine rings is 1. The maximum atomic E-state index is 12.6. The molecule has 3 heterocycles. The van der Waals surface area contributed by atoms with Crippen molar-refractivity contribution in [1.82, 2.24) is 19.9 Å². The lowest BCUT2D eigenvalue weighted by atomic mass is 9.96. The van der Waals surface area contributed by atoms with E-state index < -0.39 is 0 Å². The molecule has 24 heavy (non-hydrogen) atoms. The molecule has 0 saturated carbocycles. The summed E-state index contributed by atoms with van der Waals surface area (Å²) in [6.45, 7) is 7.98. The lowest BCUT2D eigenvalue weighted by Gasteiger charge is -2.33. The number of hydrogen-bond acceptors (Lipinski definition) is 6. The summed E-state index contributed by atoms with van der Waals surface area (Å²) in [4.78, 5) is 22.2. The van der Waals surface area contributed by atoms with Crippen molar-refractivity contribution in [1.29, 1.82) is 0 Å². The molecule has 2 aromatic rings. The monoisotopic (exact) mass is 348 g/mol. The molecule has 2 aromatic heterocycles. The Kier molecular flexibility index (Phi) is 5.63. The molecule has 0 N–H and O–H groups in total. The Hall–Kier alpha value is -1.73. The number of aromatic nitrogens is 2. The number of rotatable bonds is 6. The smallest absolute Gasteiger partial charge is 0.241 e. The van der Waals surface area contributed by atoms with E-state index in [-0.39, 0.29) is 11.8 Å². The molecule has 1 atom stereocenters. The molecule has 1 aliphatic rings. The quantitative estimate of drug-likeness (QED) is 0.803. The second kappa shape index (κ2) is 7.90. The fraction of sp³-hybridized carbons (Fsp3) is 0.588. The van der Waals surface area contributed by atoms with Gasteiger partial charge in [0.05, 0.1) is 17.3 Å². The highest BCUT2D eigenvalue weighted by Crippen LogP contribution is 2.23. The summed E-state index contributed by atoms with van der Waals surface area (Å²) in [5, 5.41) is 6.05. The van der Waals surface area contributed by atoms with Gasteiger partial charge in [0.1, 0.15) is 0 Å². The lowest BCUT2D eigenvalue weighted by molar-refractivity contribution is -0.137. The molecular formula is C17H24N4O2S. The van der Waals surface area contributed by atoms with Crippen molar-refractivity contribution < 1.29 is 9.32 Å². The van der Waals surface area contributed by atoms with Gasteiger partial charge in [0.25, 0.3) is 0 Å². The van der Waals surface area contributed by atoms with Crippen molar-refractivity contribution in [2.45, 2.75) is 33.2 Å². The highest BCUT2D eigenvalue weighted by molar-refractivity contribution is 7.13. The van der Waals surface area contributed by atoms with Gasteiger partial charge in [-0.05, 0) is 44.7 Å². The van der Waals surface area contributed by atoms with Gasteiger partial charge in [0, 0.05) is 19.6 Å². The minimum absolute atomic E-state index is 0.0818. The van der Waals surface area contributed by atoms with Crippen LogP contribution in [0.25, 0.3) is 10.7 Å². The number of carbonyl (C=O) groups excluding carboxylic acids is 1. The molecule has 0 aliphatic carbocycles. The Balaban J connectivity index is 1.60. The highest BCUT2D eigenvalue weighted by Gasteiger charge is 2.29. The van der Waals surface area contributed by atoms with Crippen LogP contribution in [0.15, 0.2) is 22.0 Å². The molecule has 1 saturated heterocycles. The van der Waals surface area contributed by atoms with Crippen LogP contribution in [0.4, 0.5) is 0 Å². The average molecular weight is 348 g/mol. The molecule has 1 aliphatic heterocycles. The number of amides is 1. The predicted octanol–water partition coefficient (Wildman–Crippen LogP) is 2.88. The van der Waals surface area contributed by atoms with E-state index in [2.05, 4.69) is 15.0 Å². The summed E-state index contributed by atoms with van der Waals surface area (Å²) in [6, 6.07) is 3.96. The SMILES string of the molecule is CCN(CC)C(=O)[C@@H]1CCCN(Cc2nc(-c3cccs3)no2)C1. The summed E-state index contributed by atoms with van der Waals surface area (Å²) >= 11 is 1.60. The van der Waals surface area contributed by atoms with Crippen molar-refractivity contribution in [2.75, 3.05) is 26.2 Å². The van der Waals surface area contributed by atoms with Gasteiger partial charge in [-0.2, -0.15) is 4.98 Å². The van der Waals surface area contributed by atoms with E-state index in [0.717, 1.165) is 43.9 Å². The second-order valence-corrected chi connectivity index (χ2v) is 7.02. The second-order valence-electron chi connectivity index (χ2n) is 6.07. The zero-order valence-corrected chi connectivity index (χ0v) is 15.1. The molecule has 6 nitrogen and oxygen atoms in total. The van der Waals surface area contributed by atoms with Crippen molar-refractivity contribution in [2.24, 2.45) is 5.92 Å². The number of nitrogens with zero attached hydrogens (tertiary/aromatic N) is 4. The molecule has 1 fully saturated rings. The van der Waals surface area contributed by atoms with E-state index in [0.29, 0.717) is 18.3 Å². The van der Waals surface area contributed by atoms with Crippen molar-refractivity contribution in [3.8, 4) is 10.7 Å². The van der Waals surface area contributed by atoms with Crippen LogP contribution in [-0.2, 0) is 11.3 Å². The summed E-state index contributed by atoms with van der Waals surface area (Å²) < 4.78 is 5.39. The van der Waals surface area contributed by atoms with Gasteiger partial charge in [-0.25, -0.2) is 0 Å². The molecule has 130 valence electrons. The Morgan fingerprint density at radius 2 is 2.29 bits per heavy atom. The predicted molar refractivity (Wildman–Crippen MR) is 93.5 cm³/mol. The lowest BCUT2D eigenvalue weighted by Crippen LogP contribution is -2.44. The maximum absolute atomic E-state index is 12.6. The van der Waals surface area contributed by atoms with Crippen LogP contribution in [0.1, 0.15) is 32.6 Å². The largest absolute Gasteiger partial charge is 0.343 e. The molecule has 0 spiro atoms. The van der Waals surface area contributed by atoms with E-state index in [9.17, 15) is 4.79 Å². The van der Waals surface area contributed by atoms with Crippen LogP contribution in [0.5, 0.6) is 0 Å². The van der Waals surface area contributed by atoms with Gasteiger partial charge in [0.15, 0.2) is 0 Å². The first-order chi connectivity index (χ1) is 11.7. The zero-order valence-electron chi connectivity index (χ0n) is 14.3. The Labute approximate surface area is 146 Å². The third-order valence-electron chi connectivity index (χ3n) is 4.50. The van der Waals surface area contributed by atoms with E-state index >= 15 is 0 Å². The Morgan fingerprint density at radius 1 is 1.46 bits per heavy atom. The summed E-state index contributed by atoms with van der Waals surface area (Å²) in [5.41, 5.74) is 0. The standard InChI is InChI=1S/C17H24N4O2S/c1-3-21(4-2)17(22)13-7-5-9-20(11-13)12-15-18-16(19-23-15)14-8-6-10-24-14/h6,8,10,13H,3-5,7,9,11-12H2,1-2H3/t13-/m1/s1. The fourth-order valence-electron chi connectivity index (χ4n) is 3.21. The van der Waals surface area contributed by atoms with Crippen LogP contribution in [0, 0.1) is 5.92 Å². The summed E-state index contributed by atoms with van der Waals surface area (Å²) in [6.07, 6.45) is 2.00. The first-order valence-electron chi connectivity index (χ1n) is 8.58. The number of carbonyl (C=O) groups is 1. The minimum atomic E-state index is 0.0818. The Bertz CT molecular complexity index is 651. The fourth-order valence-corrected chi connectivity index (χ4v) is 3.86. The van der Waals surface area contributed by atoms with Gasteiger partial charge in [-0.15, -0.1) is 11.3 Å². The number of likely N-dealkylation sites (tertiary alicyclic amines) is 1. The number of thiophene rings is 1. The third-order valence-corrected chi connectivity index (χ3v) is 5.36.